The van der Waals surface area contributed by atoms with Crippen molar-refractivity contribution in [2.24, 2.45) is 0 Å². The number of aliphatic carboxylic acids is 1. The second-order valence-electron chi connectivity index (χ2n) is 6.97. The lowest BCUT2D eigenvalue weighted by molar-refractivity contribution is -0.137. The monoisotopic (exact) mass is 394 g/mol. The number of hydrogen-bond acceptors (Lipinski definition) is 6. The first-order valence-electron chi connectivity index (χ1n) is 9.71. The quantitative estimate of drug-likeness (QED) is 0.411. The van der Waals surface area contributed by atoms with Gasteiger partial charge in [0.2, 0.25) is 0 Å². The molecule has 8 nitrogen and oxygen atoms in total. The van der Waals surface area contributed by atoms with Crippen LogP contribution < -0.4 is 15.2 Å². The SMILES string of the molecule is COc1cc(C(=O)N2CCCCC2CO)c(N)cc1OCCCCCC(=O)O. The van der Waals surface area contributed by atoms with Crippen molar-refractivity contribution in [2.75, 3.05) is 32.6 Å². The third-order valence-corrected chi connectivity index (χ3v) is 4.96. The molecular formula is C20H30N2O6. The normalized spacial score (nSPS) is 16.6. The molecule has 1 aromatic carbocycles. The molecule has 0 aliphatic carbocycles. The van der Waals surface area contributed by atoms with E-state index in [2.05, 4.69) is 0 Å². The van der Waals surface area contributed by atoms with E-state index in [0.717, 1.165) is 25.7 Å². The highest BCUT2D eigenvalue weighted by atomic mass is 16.5. The van der Waals surface area contributed by atoms with Gasteiger partial charge < -0.3 is 30.3 Å². The molecule has 0 saturated carbocycles. The first-order valence-corrected chi connectivity index (χ1v) is 9.71. The molecule has 1 amide bonds. The van der Waals surface area contributed by atoms with Gasteiger partial charge >= 0.3 is 5.97 Å². The second-order valence-corrected chi connectivity index (χ2v) is 6.97. The van der Waals surface area contributed by atoms with Crippen LogP contribution in [0.4, 0.5) is 5.69 Å². The van der Waals surface area contributed by atoms with Crippen LogP contribution in [0.5, 0.6) is 11.5 Å². The summed E-state index contributed by atoms with van der Waals surface area (Å²) >= 11 is 0. The Kier molecular flexibility index (Phi) is 8.38. The number of aliphatic hydroxyl groups is 1. The fraction of sp³-hybridized carbons (Fsp3) is 0.600. The van der Waals surface area contributed by atoms with Gasteiger partial charge in [0.15, 0.2) is 11.5 Å². The molecule has 0 spiro atoms. The summed E-state index contributed by atoms with van der Waals surface area (Å²) in [6, 6.07) is 2.98. The number of piperidine rings is 1. The molecule has 4 N–H and O–H groups in total. The van der Waals surface area contributed by atoms with E-state index in [1.54, 1.807) is 17.0 Å². The van der Waals surface area contributed by atoms with E-state index in [1.165, 1.54) is 7.11 Å². The fourth-order valence-corrected chi connectivity index (χ4v) is 3.38. The number of aliphatic hydroxyl groups excluding tert-OH is 1. The first-order chi connectivity index (χ1) is 13.5. The number of benzene rings is 1. The number of carbonyl (C=O) groups excluding carboxylic acids is 1. The molecule has 1 saturated heterocycles. The van der Waals surface area contributed by atoms with Crippen molar-refractivity contribution >= 4 is 17.6 Å². The Morgan fingerprint density at radius 1 is 1.21 bits per heavy atom. The van der Waals surface area contributed by atoms with Gasteiger partial charge in [-0.15, -0.1) is 0 Å². The molecule has 1 fully saturated rings. The zero-order valence-corrected chi connectivity index (χ0v) is 16.4. The van der Waals surface area contributed by atoms with Gasteiger partial charge in [-0.1, -0.05) is 0 Å². The number of carboxylic acid groups (broad SMARTS) is 1. The summed E-state index contributed by atoms with van der Waals surface area (Å²) in [6.07, 6.45) is 4.89. The number of rotatable bonds is 10. The molecule has 28 heavy (non-hydrogen) atoms. The van der Waals surface area contributed by atoms with Crippen molar-refractivity contribution in [2.45, 2.75) is 51.0 Å². The predicted molar refractivity (Wildman–Crippen MR) is 105 cm³/mol. The number of nitrogen functional groups attached to an aromatic ring is 1. The Morgan fingerprint density at radius 3 is 2.68 bits per heavy atom. The van der Waals surface area contributed by atoms with E-state index < -0.39 is 5.97 Å². The topological polar surface area (TPSA) is 122 Å². The zero-order chi connectivity index (χ0) is 20.5. The van der Waals surface area contributed by atoms with Gasteiger partial charge in [-0.25, -0.2) is 0 Å². The number of amides is 1. The molecule has 1 heterocycles. The van der Waals surface area contributed by atoms with Crippen molar-refractivity contribution in [1.29, 1.82) is 0 Å². The van der Waals surface area contributed by atoms with Crippen LogP contribution in [0.1, 0.15) is 55.3 Å². The number of likely N-dealkylation sites (tertiary alicyclic amines) is 1. The summed E-state index contributed by atoms with van der Waals surface area (Å²) in [6.45, 7) is 0.938. The van der Waals surface area contributed by atoms with Crippen molar-refractivity contribution in [1.82, 2.24) is 4.90 Å². The average Bonchev–Trinajstić information content (AvgIpc) is 2.69. The predicted octanol–water partition coefficient (Wildman–Crippen LogP) is 2.29. The van der Waals surface area contributed by atoms with Crippen molar-refractivity contribution in [3.8, 4) is 11.5 Å². The Morgan fingerprint density at radius 2 is 2.00 bits per heavy atom. The van der Waals surface area contributed by atoms with E-state index in [4.69, 9.17) is 20.3 Å². The second kappa shape index (κ2) is 10.8. The van der Waals surface area contributed by atoms with Gasteiger partial charge in [-0.3, -0.25) is 9.59 Å². The molecule has 0 bridgehead atoms. The van der Waals surface area contributed by atoms with Gasteiger partial charge in [0, 0.05) is 24.7 Å². The Balaban J connectivity index is 2.03. The molecule has 0 aromatic heterocycles. The smallest absolute Gasteiger partial charge is 0.303 e. The average molecular weight is 394 g/mol. The number of nitrogens with zero attached hydrogens (tertiary/aromatic N) is 1. The number of anilines is 1. The van der Waals surface area contributed by atoms with E-state index in [0.29, 0.717) is 48.7 Å². The Bertz CT molecular complexity index is 679. The molecule has 1 unspecified atom stereocenters. The van der Waals surface area contributed by atoms with Crippen LogP contribution in [-0.4, -0.2) is 59.9 Å². The molecule has 1 aromatic rings. The van der Waals surface area contributed by atoms with Crippen molar-refractivity contribution in [3.63, 3.8) is 0 Å². The molecule has 1 aliphatic heterocycles. The number of ether oxygens (including phenoxy) is 2. The number of hydrogen-bond donors (Lipinski definition) is 3. The van der Waals surface area contributed by atoms with Crippen LogP contribution in [0.25, 0.3) is 0 Å². The fourth-order valence-electron chi connectivity index (χ4n) is 3.38. The van der Waals surface area contributed by atoms with Crippen molar-refractivity contribution in [3.05, 3.63) is 17.7 Å². The number of methoxy groups -OCH3 is 1. The molecule has 156 valence electrons. The maximum atomic E-state index is 12.9. The number of carboxylic acids is 1. The Labute approximate surface area is 165 Å². The standard InChI is InChI=1S/C20H30N2O6/c1-27-17-11-15(20(26)22-9-5-4-7-14(22)13-23)16(21)12-18(17)28-10-6-2-3-8-19(24)25/h11-12,14,23H,2-10,13,21H2,1H3,(H,24,25). The zero-order valence-electron chi connectivity index (χ0n) is 16.4. The van der Waals surface area contributed by atoms with Gasteiger partial charge in [-0.05, 0) is 44.6 Å². The summed E-state index contributed by atoms with van der Waals surface area (Å²) in [4.78, 5) is 25.1. The summed E-state index contributed by atoms with van der Waals surface area (Å²) in [7, 11) is 1.50. The van der Waals surface area contributed by atoms with Crippen LogP contribution >= 0.6 is 0 Å². The largest absolute Gasteiger partial charge is 0.493 e. The van der Waals surface area contributed by atoms with E-state index >= 15 is 0 Å². The summed E-state index contributed by atoms with van der Waals surface area (Å²) < 4.78 is 11.1. The van der Waals surface area contributed by atoms with Crippen LogP contribution in [-0.2, 0) is 4.79 Å². The maximum Gasteiger partial charge on any atom is 0.303 e. The van der Waals surface area contributed by atoms with E-state index in [1.807, 2.05) is 0 Å². The summed E-state index contributed by atoms with van der Waals surface area (Å²) in [5.74, 6) is -0.143. The third-order valence-electron chi connectivity index (χ3n) is 4.96. The lowest BCUT2D eigenvalue weighted by Gasteiger charge is -2.35. The molecular weight excluding hydrogens is 364 g/mol. The van der Waals surface area contributed by atoms with Crippen LogP contribution in [0.3, 0.4) is 0 Å². The van der Waals surface area contributed by atoms with Gasteiger partial charge in [-0.2, -0.15) is 0 Å². The highest BCUT2D eigenvalue weighted by molar-refractivity contribution is 6.00. The first kappa shape index (κ1) is 21.8. The third kappa shape index (κ3) is 5.76. The van der Waals surface area contributed by atoms with E-state index in [9.17, 15) is 14.7 Å². The maximum absolute atomic E-state index is 12.9. The highest BCUT2D eigenvalue weighted by Crippen LogP contribution is 2.34. The summed E-state index contributed by atoms with van der Waals surface area (Å²) in [5, 5.41) is 18.2. The van der Waals surface area contributed by atoms with Gasteiger partial charge in [0.05, 0.1) is 31.9 Å². The lowest BCUT2D eigenvalue weighted by atomic mass is 10.0. The summed E-state index contributed by atoms with van der Waals surface area (Å²) in [5.41, 5.74) is 6.75. The Hall–Kier alpha value is -2.48. The number of nitrogens with two attached hydrogens (primary N) is 1. The minimum absolute atomic E-state index is 0.0636. The van der Waals surface area contributed by atoms with Crippen LogP contribution in [0.15, 0.2) is 12.1 Å². The van der Waals surface area contributed by atoms with Gasteiger partial charge in [0.1, 0.15) is 0 Å². The minimum atomic E-state index is -0.798. The lowest BCUT2D eigenvalue weighted by Crippen LogP contribution is -2.45. The minimum Gasteiger partial charge on any atom is -0.493 e. The molecule has 2 rings (SSSR count). The van der Waals surface area contributed by atoms with Crippen LogP contribution in [0, 0.1) is 0 Å². The van der Waals surface area contributed by atoms with Crippen molar-refractivity contribution < 1.29 is 29.3 Å². The molecule has 1 atom stereocenters. The van der Waals surface area contributed by atoms with Crippen LogP contribution in [0.2, 0.25) is 0 Å². The van der Waals surface area contributed by atoms with Gasteiger partial charge in [0.25, 0.3) is 5.91 Å². The molecule has 0 radical (unpaired) electrons. The van der Waals surface area contributed by atoms with E-state index in [-0.39, 0.29) is 25.0 Å². The number of carbonyl (C=O) groups is 2. The molecule has 1 aliphatic rings. The molecule has 8 heteroatoms. The highest BCUT2D eigenvalue weighted by Gasteiger charge is 2.28. The number of unbranched alkanes of at least 4 members (excludes halogenated alkanes) is 2.